The van der Waals surface area contributed by atoms with Crippen LogP contribution in [-0.2, 0) is 9.47 Å². The smallest absolute Gasteiger partial charge is 0.184 e. The van der Waals surface area contributed by atoms with E-state index in [1.807, 2.05) is 0 Å². The molecule has 2 aliphatic rings. The van der Waals surface area contributed by atoms with Crippen LogP contribution in [0.15, 0.2) is 12.1 Å². The summed E-state index contributed by atoms with van der Waals surface area (Å²) in [5.74, 6) is 1.50. The average Bonchev–Trinajstić information content (AvgIpc) is 2.53. The minimum Gasteiger partial charge on any atom is -0.348 e. The topological polar surface area (TPSA) is 18.5 Å². The Bertz CT molecular complexity index is 493. The fraction of sp³-hybridized carbons (Fsp3) is 0.611. The van der Waals surface area contributed by atoms with Crippen LogP contribution in [0.2, 0.25) is 0 Å². The first kappa shape index (κ1) is 15.9. The van der Waals surface area contributed by atoms with E-state index in [4.69, 9.17) is 9.47 Å². The first-order chi connectivity index (χ1) is 10.5. The first-order valence-electron chi connectivity index (χ1n) is 8.04. The van der Waals surface area contributed by atoms with Gasteiger partial charge in [0.05, 0.1) is 13.2 Å². The standard InChI is InChI=1S/C18H23F2O2/c1-11-3-5-13(6-4-11)15-9-21-18(22-10-15)14-7-16(19)12(2)17(20)8-14/h7-8,13,15,18H,3-6,9-10H2,1-2H3. The molecule has 1 aromatic rings. The molecule has 4 heteroatoms. The van der Waals surface area contributed by atoms with E-state index in [0.29, 0.717) is 30.6 Å². The zero-order valence-electron chi connectivity index (χ0n) is 13.2. The van der Waals surface area contributed by atoms with Gasteiger partial charge >= 0.3 is 0 Å². The van der Waals surface area contributed by atoms with Crippen LogP contribution >= 0.6 is 0 Å². The molecule has 121 valence electrons. The molecule has 1 aliphatic carbocycles. The van der Waals surface area contributed by atoms with E-state index in [1.54, 1.807) is 5.92 Å². The number of benzene rings is 1. The van der Waals surface area contributed by atoms with Gasteiger partial charge in [0.25, 0.3) is 0 Å². The summed E-state index contributed by atoms with van der Waals surface area (Å²) in [6.07, 6.45) is 4.12. The molecule has 0 atom stereocenters. The molecular weight excluding hydrogens is 286 g/mol. The Labute approximate surface area is 130 Å². The van der Waals surface area contributed by atoms with Crippen molar-refractivity contribution in [3.8, 4) is 0 Å². The summed E-state index contributed by atoms with van der Waals surface area (Å²) >= 11 is 0. The molecule has 1 saturated heterocycles. The number of halogens is 2. The molecule has 1 aliphatic heterocycles. The molecule has 0 N–H and O–H groups in total. The minimum absolute atomic E-state index is 0.0336. The second kappa shape index (κ2) is 6.63. The molecule has 1 aromatic carbocycles. The molecule has 0 amide bonds. The van der Waals surface area contributed by atoms with E-state index in [0.717, 1.165) is 0 Å². The average molecular weight is 309 g/mol. The molecule has 1 saturated carbocycles. The van der Waals surface area contributed by atoms with Gasteiger partial charge in [0.2, 0.25) is 0 Å². The van der Waals surface area contributed by atoms with Crippen LogP contribution in [0, 0.1) is 36.3 Å². The summed E-state index contributed by atoms with van der Waals surface area (Å²) in [5, 5.41) is 0. The molecule has 22 heavy (non-hydrogen) atoms. The lowest BCUT2D eigenvalue weighted by molar-refractivity contribution is -0.214. The van der Waals surface area contributed by atoms with Crippen LogP contribution in [0.5, 0.6) is 0 Å². The molecule has 0 unspecified atom stereocenters. The molecule has 0 bridgehead atoms. The lowest BCUT2D eigenvalue weighted by Gasteiger charge is -2.37. The van der Waals surface area contributed by atoms with E-state index >= 15 is 0 Å². The Balaban J connectivity index is 1.60. The van der Waals surface area contributed by atoms with Crippen molar-refractivity contribution in [1.29, 1.82) is 0 Å². The van der Waals surface area contributed by atoms with Gasteiger partial charge in [-0.2, -0.15) is 0 Å². The third-order valence-corrected chi connectivity index (χ3v) is 5.05. The number of rotatable bonds is 2. The van der Waals surface area contributed by atoms with Crippen molar-refractivity contribution in [3.05, 3.63) is 40.8 Å². The van der Waals surface area contributed by atoms with Crippen molar-refractivity contribution in [3.63, 3.8) is 0 Å². The van der Waals surface area contributed by atoms with Crippen molar-refractivity contribution < 1.29 is 18.3 Å². The van der Waals surface area contributed by atoms with Crippen molar-refractivity contribution in [2.45, 2.75) is 45.8 Å². The second-order valence-electron chi connectivity index (χ2n) is 6.66. The van der Waals surface area contributed by atoms with E-state index in [9.17, 15) is 8.78 Å². The van der Waals surface area contributed by atoms with Gasteiger partial charge in [-0.15, -0.1) is 0 Å². The molecule has 0 spiro atoms. The zero-order valence-corrected chi connectivity index (χ0v) is 13.2. The van der Waals surface area contributed by atoms with Crippen molar-refractivity contribution in [1.82, 2.24) is 0 Å². The maximum atomic E-state index is 13.6. The highest BCUT2D eigenvalue weighted by atomic mass is 19.1. The normalized spacial score (nSPS) is 28.0. The zero-order chi connectivity index (χ0) is 15.7. The summed E-state index contributed by atoms with van der Waals surface area (Å²) in [4.78, 5) is 0. The second-order valence-corrected chi connectivity index (χ2v) is 6.66. The Hall–Kier alpha value is -1.00. The summed E-state index contributed by atoms with van der Waals surface area (Å²) in [6, 6.07) is 2.62. The van der Waals surface area contributed by atoms with Gasteiger partial charge in [0.15, 0.2) is 6.29 Å². The lowest BCUT2D eigenvalue weighted by atomic mass is 9.76. The monoisotopic (exact) mass is 309 g/mol. The van der Waals surface area contributed by atoms with E-state index in [2.05, 4.69) is 6.92 Å². The summed E-state index contributed by atoms with van der Waals surface area (Å²) < 4.78 is 38.8. The maximum Gasteiger partial charge on any atom is 0.184 e. The van der Waals surface area contributed by atoms with Crippen LogP contribution in [0.4, 0.5) is 8.78 Å². The molecule has 0 aromatic heterocycles. The van der Waals surface area contributed by atoms with Crippen LogP contribution in [0.3, 0.4) is 0 Å². The highest BCUT2D eigenvalue weighted by molar-refractivity contribution is 5.26. The minimum atomic E-state index is -0.655. The molecule has 1 radical (unpaired) electrons. The molecule has 2 fully saturated rings. The summed E-state index contributed by atoms with van der Waals surface area (Å²) in [5.41, 5.74) is 0.457. The maximum absolute atomic E-state index is 13.6. The van der Waals surface area contributed by atoms with E-state index in [-0.39, 0.29) is 5.56 Å². The van der Waals surface area contributed by atoms with Crippen LogP contribution in [-0.4, -0.2) is 13.2 Å². The van der Waals surface area contributed by atoms with E-state index in [1.165, 1.54) is 44.7 Å². The first-order valence-corrected chi connectivity index (χ1v) is 8.04. The predicted octanol–water partition coefficient (Wildman–Crippen LogP) is 4.72. The highest BCUT2D eigenvalue weighted by Gasteiger charge is 2.32. The quantitative estimate of drug-likeness (QED) is 0.787. The third-order valence-electron chi connectivity index (χ3n) is 5.05. The van der Waals surface area contributed by atoms with Gasteiger partial charge in [-0.25, -0.2) is 8.78 Å². The Morgan fingerprint density at radius 3 is 2.00 bits per heavy atom. The van der Waals surface area contributed by atoms with Crippen molar-refractivity contribution >= 4 is 0 Å². The lowest BCUT2D eigenvalue weighted by Crippen LogP contribution is -2.34. The fourth-order valence-electron chi connectivity index (χ4n) is 3.39. The SMILES string of the molecule is C[C]1CCC(C2COC(c3cc(F)c(C)c(F)c3)OC2)CC1. The van der Waals surface area contributed by atoms with Gasteiger partial charge in [0.1, 0.15) is 11.6 Å². The van der Waals surface area contributed by atoms with Crippen LogP contribution < -0.4 is 0 Å². The summed E-state index contributed by atoms with van der Waals surface area (Å²) in [6.45, 7) is 4.85. The van der Waals surface area contributed by atoms with Gasteiger partial charge in [-0.05, 0) is 56.6 Å². The molecular formula is C18H23F2O2. The molecule has 3 rings (SSSR count). The van der Waals surface area contributed by atoms with Crippen LogP contribution in [0.1, 0.15) is 50.0 Å². The van der Waals surface area contributed by atoms with Crippen molar-refractivity contribution in [2.24, 2.45) is 11.8 Å². The van der Waals surface area contributed by atoms with Crippen molar-refractivity contribution in [2.75, 3.05) is 13.2 Å². The van der Waals surface area contributed by atoms with E-state index < -0.39 is 17.9 Å². The Kier molecular flexibility index (Phi) is 4.79. The van der Waals surface area contributed by atoms with Gasteiger partial charge < -0.3 is 9.47 Å². The predicted molar refractivity (Wildman–Crippen MR) is 80.1 cm³/mol. The third kappa shape index (κ3) is 3.33. The Morgan fingerprint density at radius 1 is 0.909 bits per heavy atom. The molecule has 2 nitrogen and oxygen atoms in total. The number of hydrogen-bond donors (Lipinski definition) is 0. The fourth-order valence-corrected chi connectivity index (χ4v) is 3.39. The largest absolute Gasteiger partial charge is 0.348 e. The molecule has 1 heterocycles. The van der Waals surface area contributed by atoms with Crippen LogP contribution in [0.25, 0.3) is 0 Å². The highest BCUT2D eigenvalue weighted by Crippen LogP contribution is 2.38. The number of ether oxygens (including phenoxy) is 2. The Morgan fingerprint density at radius 2 is 1.45 bits per heavy atom. The van der Waals surface area contributed by atoms with Gasteiger partial charge in [0, 0.05) is 17.0 Å². The van der Waals surface area contributed by atoms with Gasteiger partial charge in [-0.3, -0.25) is 0 Å². The summed E-state index contributed by atoms with van der Waals surface area (Å²) in [7, 11) is 0. The number of hydrogen-bond acceptors (Lipinski definition) is 2. The van der Waals surface area contributed by atoms with Gasteiger partial charge in [-0.1, -0.05) is 6.92 Å².